The summed E-state index contributed by atoms with van der Waals surface area (Å²) in [5, 5.41) is 3.54. The van der Waals surface area contributed by atoms with Gasteiger partial charge in [-0.25, -0.2) is 0 Å². The van der Waals surface area contributed by atoms with Gasteiger partial charge in [0, 0.05) is 38.5 Å². The van der Waals surface area contributed by atoms with Crippen molar-refractivity contribution in [1.29, 1.82) is 0 Å². The minimum atomic E-state index is 0.650. The fourth-order valence-corrected chi connectivity index (χ4v) is 2.30. The number of ether oxygens (including phenoxy) is 1. The van der Waals surface area contributed by atoms with Gasteiger partial charge < -0.3 is 15.0 Å². The van der Waals surface area contributed by atoms with Gasteiger partial charge in [0.2, 0.25) is 0 Å². The Morgan fingerprint density at radius 3 is 2.71 bits per heavy atom. The van der Waals surface area contributed by atoms with Crippen molar-refractivity contribution in [1.82, 2.24) is 5.32 Å². The van der Waals surface area contributed by atoms with Crippen LogP contribution in [0.3, 0.4) is 0 Å². The van der Waals surface area contributed by atoms with Gasteiger partial charge in [-0.2, -0.15) is 0 Å². The maximum Gasteiger partial charge on any atom is 0.0587 e. The first kappa shape index (κ1) is 12.4. The largest absolute Gasteiger partial charge is 0.383 e. The van der Waals surface area contributed by atoms with Crippen molar-refractivity contribution >= 4 is 5.69 Å². The number of anilines is 1. The fraction of sp³-hybridized carbons (Fsp3) is 0.571. The second kappa shape index (κ2) is 6.62. The minimum Gasteiger partial charge on any atom is -0.383 e. The number of piperidine rings is 1. The molecule has 17 heavy (non-hydrogen) atoms. The second-order valence-corrected chi connectivity index (χ2v) is 4.47. The minimum absolute atomic E-state index is 0.650. The topological polar surface area (TPSA) is 24.5 Å². The zero-order valence-corrected chi connectivity index (χ0v) is 10.5. The number of hydrogen-bond acceptors (Lipinski definition) is 3. The van der Waals surface area contributed by atoms with Gasteiger partial charge in [0.15, 0.2) is 0 Å². The van der Waals surface area contributed by atoms with Gasteiger partial charge >= 0.3 is 0 Å². The molecule has 1 aromatic carbocycles. The molecule has 1 saturated heterocycles. The van der Waals surface area contributed by atoms with Crippen molar-refractivity contribution in [2.45, 2.75) is 18.9 Å². The molecule has 0 unspecified atom stereocenters. The summed E-state index contributed by atoms with van der Waals surface area (Å²) in [6, 6.07) is 12.0. The summed E-state index contributed by atoms with van der Waals surface area (Å²) in [5.41, 5.74) is 1.32. The van der Waals surface area contributed by atoms with Crippen molar-refractivity contribution in [2.24, 2.45) is 0 Å². The molecule has 1 fully saturated rings. The molecule has 1 N–H and O–H groups in total. The van der Waals surface area contributed by atoms with Gasteiger partial charge in [0.05, 0.1) is 6.61 Å². The summed E-state index contributed by atoms with van der Waals surface area (Å²) in [6.07, 6.45) is 2.42. The lowest BCUT2D eigenvalue weighted by molar-refractivity contribution is 0.193. The highest BCUT2D eigenvalue weighted by Crippen LogP contribution is 2.19. The molecule has 3 heteroatoms. The quantitative estimate of drug-likeness (QED) is 0.783. The predicted molar refractivity (Wildman–Crippen MR) is 70.4 cm³/mol. The summed E-state index contributed by atoms with van der Waals surface area (Å²) in [4.78, 5) is 2.45. The van der Waals surface area contributed by atoms with Crippen molar-refractivity contribution in [2.75, 3.05) is 38.3 Å². The smallest absolute Gasteiger partial charge is 0.0587 e. The molecule has 0 aliphatic carbocycles. The van der Waals surface area contributed by atoms with E-state index in [1.165, 1.54) is 18.5 Å². The zero-order chi connectivity index (χ0) is 11.9. The molecule has 0 saturated carbocycles. The Balaban J connectivity index is 1.74. The normalized spacial score (nSPS) is 17.4. The van der Waals surface area contributed by atoms with Crippen LogP contribution >= 0.6 is 0 Å². The average molecular weight is 233 g/mol. The number of rotatable bonds is 5. The predicted octanol–water partition coefficient (Wildman–Crippen LogP) is 1.69. The van der Waals surface area contributed by atoms with Gasteiger partial charge in [0.1, 0.15) is 0 Å². The van der Waals surface area contributed by atoms with Gasteiger partial charge in [-0.1, -0.05) is 12.1 Å². The molecule has 1 heterocycles. The number of benzene rings is 1. The van der Waals surface area contributed by atoms with E-state index in [2.05, 4.69) is 28.4 Å². The van der Waals surface area contributed by atoms with Gasteiger partial charge in [-0.3, -0.25) is 0 Å². The number of nitrogens with zero attached hydrogens (tertiary/aromatic N) is 1. The van der Waals surface area contributed by atoms with Crippen molar-refractivity contribution in [3.63, 3.8) is 0 Å². The van der Waals surface area contributed by atoms with Crippen LogP contribution in [0.15, 0.2) is 24.3 Å². The summed E-state index contributed by atoms with van der Waals surface area (Å²) < 4.78 is 5.05. The third-order valence-electron chi connectivity index (χ3n) is 3.30. The first-order chi connectivity index (χ1) is 8.40. The Labute approximate surface area is 104 Å². The van der Waals surface area contributed by atoms with Crippen LogP contribution in [-0.2, 0) is 4.74 Å². The third-order valence-corrected chi connectivity index (χ3v) is 3.30. The van der Waals surface area contributed by atoms with Crippen LogP contribution < -0.4 is 10.2 Å². The summed E-state index contributed by atoms with van der Waals surface area (Å²) in [5.74, 6) is 0. The molecular formula is C14H21N2O. The van der Waals surface area contributed by atoms with Gasteiger partial charge in [0.25, 0.3) is 0 Å². The Bertz CT molecular complexity index is 307. The lowest BCUT2D eigenvalue weighted by Crippen LogP contribution is -2.43. The molecular weight excluding hydrogens is 212 g/mol. The molecule has 1 aromatic rings. The molecule has 0 amide bonds. The molecule has 93 valence electrons. The Kier molecular flexibility index (Phi) is 4.83. The summed E-state index contributed by atoms with van der Waals surface area (Å²) >= 11 is 0. The molecule has 0 aromatic heterocycles. The van der Waals surface area contributed by atoms with E-state index in [4.69, 9.17) is 4.74 Å². The standard InChI is InChI=1S/C14H21N2O/c1-17-12-9-15-13-7-10-16(11-8-13)14-5-3-2-4-6-14/h3-6,13,15H,7-12H2,1H3. The third kappa shape index (κ3) is 3.72. The molecule has 1 aliphatic heterocycles. The van der Waals surface area contributed by atoms with E-state index in [0.717, 1.165) is 26.2 Å². The van der Waals surface area contributed by atoms with E-state index in [1.54, 1.807) is 7.11 Å². The van der Waals surface area contributed by atoms with Crippen LogP contribution in [0.5, 0.6) is 0 Å². The first-order valence-electron chi connectivity index (χ1n) is 6.33. The first-order valence-corrected chi connectivity index (χ1v) is 6.33. The van der Waals surface area contributed by atoms with Crippen LogP contribution in [-0.4, -0.2) is 39.4 Å². The van der Waals surface area contributed by atoms with E-state index in [9.17, 15) is 0 Å². The monoisotopic (exact) mass is 233 g/mol. The molecule has 1 aliphatic rings. The van der Waals surface area contributed by atoms with Gasteiger partial charge in [-0.15, -0.1) is 0 Å². The van der Waals surface area contributed by atoms with Gasteiger partial charge in [-0.05, 0) is 31.0 Å². The van der Waals surface area contributed by atoms with Crippen LogP contribution in [0.25, 0.3) is 0 Å². The highest BCUT2D eigenvalue weighted by atomic mass is 16.5. The van der Waals surface area contributed by atoms with E-state index in [0.29, 0.717) is 6.04 Å². The fourth-order valence-electron chi connectivity index (χ4n) is 2.30. The van der Waals surface area contributed by atoms with Crippen LogP contribution in [0, 0.1) is 6.07 Å². The zero-order valence-electron chi connectivity index (χ0n) is 10.5. The number of nitrogens with one attached hydrogen (secondary N) is 1. The van der Waals surface area contributed by atoms with Crippen molar-refractivity contribution < 1.29 is 4.74 Å². The highest BCUT2D eigenvalue weighted by molar-refractivity contribution is 5.46. The summed E-state index contributed by atoms with van der Waals surface area (Å²) in [7, 11) is 1.75. The molecule has 3 nitrogen and oxygen atoms in total. The second-order valence-electron chi connectivity index (χ2n) is 4.47. The maximum atomic E-state index is 5.05. The maximum absolute atomic E-state index is 5.05. The van der Waals surface area contributed by atoms with E-state index in [-0.39, 0.29) is 0 Å². The Morgan fingerprint density at radius 2 is 2.06 bits per heavy atom. The molecule has 2 rings (SSSR count). The Hall–Kier alpha value is -1.06. The van der Waals surface area contributed by atoms with Crippen LogP contribution in [0.2, 0.25) is 0 Å². The SMILES string of the molecule is COCCNC1CCN(c2cc[c]cc2)CC1. The van der Waals surface area contributed by atoms with E-state index in [1.807, 2.05) is 12.1 Å². The van der Waals surface area contributed by atoms with Crippen molar-refractivity contribution in [3.8, 4) is 0 Å². The number of methoxy groups -OCH3 is 1. The lowest BCUT2D eigenvalue weighted by Gasteiger charge is -2.34. The Morgan fingerprint density at radius 1 is 1.35 bits per heavy atom. The van der Waals surface area contributed by atoms with Crippen molar-refractivity contribution in [3.05, 3.63) is 30.3 Å². The average Bonchev–Trinajstić information content (AvgIpc) is 2.41. The number of hydrogen-bond donors (Lipinski definition) is 1. The molecule has 0 spiro atoms. The molecule has 1 radical (unpaired) electrons. The van der Waals surface area contributed by atoms with Crippen LogP contribution in [0.4, 0.5) is 5.69 Å². The summed E-state index contributed by atoms with van der Waals surface area (Å²) in [6.45, 7) is 4.03. The van der Waals surface area contributed by atoms with Crippen LogP contribution in [0.1, 0.15) is 12.8 Å². The molecule has 0 atom stereocenters. The molecule has 0 bridgehead atoms. The highest BCUT2D eigenvalue weighted by Gasteiger charge is 2.18. The van der Waals surface area contributed by atoms with E-state index < -0.39 is 0 Å². The lowest BCUT2D eigenvalue weighted by atomic mass is 10.0. The van der Waals surface area contributed by atoms with E-state index >= 15 is 0 Å².